The van der Waals surface area contributed by atoms with Crippen LogP contribution in [-0.2, 0) is 4.74 Å². The van der Waals surface area contributed by atoms with E-state index < -0.39 is 30.9 Å². The van der Waals surface area contributed by atoms with Crippen LogP contribution in [0.15, 0.2) is 24.5 Å². The van der Waals surface area contributed by atoms with Crippen molar-refractivity contribution in [3.63, 3.8) is 0 Å². The van der Waals surface area contributed by atoms with Crippen molar-refractivity contribution in [3.05, 3.63) is 24.5 Å². The molecule has 2 N–H and O–H groups in total. The molecule has 6 nitrogen and oxygen atoms in total. The lowest BCUT2D eigenvalue weighted by Gasteiger charge is -2.48. The number of carbonyl (C=O) groups excluding carboxylic acids is 1. The molecule has 2 amide bonds. The van der Waals surface area contributed by atoms with Gasteiger partial charge in [-0.05, 0) is 12.1 Å². The highest BCUT2D eigenvalue weighted by Crippen LogP contribution is 2.40. The molecule has 9 heteroatoms. The first-order valence-electron chi connectivity index (χ1n) is 6.46. The molecule has 1 aliphatic heterocycles. The van der Waals surface area contributed by atoms with Gasteiger partial charge in [0.05, 0.1) is 24.8 Å². The second-order valence-electron chi connectivity index (χ2n) is 5.12. The third-order valence-corrected chi connectivity index (χ3v) is 3.76. The number of aromatic nitrogens is 2. The number of H-pyrrole nitrogens is 1. The number of aromatic amines is 1. The van der Waals surface area contributed by atoms with Gasteiger partial charge in [-0.3, -0.25) is 5.32 Å². The number of anilines is 1. The molecule has 0 atom stereocenters. The highest BCUT2D eigenvalue weighted by molar-refractivity contribution is 5.91. The summed E-state index contributed by atoms with van der Waals surface area (Å²) in [7, 11) is 0.990. The van der Waals surface area contributed by atoms with Crippen molar-refractivity contribution in [1.29, 1.82) is 0 Å². The van der Waals surface area contributed by atoms with Gasteiger partial charge < -0.3 is 14.6 Å². The fraction of sp³-hybridized carbons (Fsp3) is 0.385. The topological polar surface area (TPSA) is 70.2 Å². The van der Waals surface area contributed by atoms with E-state index in [-0.39, 0.29) is 5.82 Å². The summed E-state index contributed by atoms with van der Waals surface area (Å²) in [4.78, 5) is 19.9. The summed E-state index contributed by atoms with van der Waals surface area (Å²) in [6, 6.07) is 2.80. The second kappa shape index (κ2) is 4.87. The molecule has 0 unspecified atom stereocenters. The maximum Gasteiger partial charge on any atom is 0.420 e. The van der Waals surface area contributed by atoms with Crippen LogP contribution in [0.5, 0.6) is 0 Å². The van der Waals surface area contributed by atoms with E-state index in [1.54, 1.807) is 18.3 Å². The van der Waals surface area contributed by atoms with Crippen LogP contribution in [0.4, 0.5) is 23.8 Å². The average Bonchev–Trinajstić information content (AvgIpc) is 2.83. The summed E-state index contributed by atoms with van der Waals surface area (Å²) < 4.78 is 43.1. The molecule has 1 saturated heterocycles. The van der Waals surface area contributed by atoms with E-state index in [1.807, 2.05) is 0 Å². The Bertz CT molecular complexity index is 707. The molecule has 0 spiro atoms. The Morgan fingerprint density at radius 3 is 2.86 bits per heavy atom. The Morgan fingerprint density at radius 1 is 1.50 bits per heavy atom. The van der Waals surface area contributed by atoms with E-state index in [0.29, 0.717) is 0 Å². The largest absolute Gasteiger partial charge is 0.420 e. The second-order valence-corrected chi connectivity index (χ2v) is 5.12. The normalized spacial score (nSPS) is 17.4. The van der Waals surface area contributed by atoms with Gasteiger partial charge in [-0.25, -0.2) is 9.78 Å². The molecule has 0 aliphatic carbocycles. The lowest BCUT2D eigenvalue weighted by atomic mass is 9.93. The van der Waals surface area contributed by atoms with Gasteiger partial charge in [0.2, 0.25) is 0 Å². The molecular weight excluding hydrogens is 301 g/mol. The Labute approximate surface area is 123 Å². The van der Waals surface area contributed by atoms with E-state index in [1.165, 1.54) is 6.20 Å². The highest BCUT2D eigenvalue weighted by Gasteiger charge is 2.63. The molecule has 0 radical (unpaired) electrons. The van der Waals surface area contributed by atoms with Crippen LogP contribution in [-0.4, -0.2) is 52.9 Å². The molecule has 22 heavy (non-hydrogen) atoms. The third-order valence-electron chi connectivity index (χ3n) is 3.76. The summed E-state index contributed by atoms with van der Waals surface area (Å²) in [5.41, 5.74) is -1.47. The summed E-state index contributed by atoms with van der Waals surface area (Å²) in [6.45, 7) is -1.07. The number of nitrogens with zero attached hydrogens (tertiary/aromatic N) is 2. The third kappa shape index (κ3) is 2.27. The predicted octanol–water partition coefficient (Wildman–Crippen LogP) is 2.36. The fourth-order valence-corrected chi connectivity index (χ4v) is 2.35. The Kier molecular flexibility index (Phi) is 3.24. The maximum atomic E-state index is 12.9. The number of carbonyl (C=O) groups is 1. The number of likely N-dealkylation sites (tertiary alicyclic amines) is 1. The number of fused-ring (bicyclic) bond motifs is 1. The molecule has 3 heterocycles. The van der Waals surface area contributed by atoms with Gasteiger partial charge in [-0.15, -0.1) is 0 Å². The van der Waals surface area contributed by atoms with Gasteiger partial charge in [0, 0.05) is 18.7 Å². The number of amides is 2. The SMILES string of the molecule is COC1(C(F)(F)F)CN(C(=O)Nc2cc3cc[nH]c3cn2)C1. The number of pyridine rings is 1. The number of hydrogen-bond acceptors (Lipinski definition) is 3. The number of hydrogen-bond donors (Lipinski definition) is 2. The minimum atomic E-state index is -4.51. The first-order chi connectivity index (χ1) is 10.3. The summed E-state index contributed by atoms with van der Waals surface area (Å²) >= 11 is 0. The number of ether oxygens (including phenoxy) is 1. The number of halogens is 3. The van der Waals surface area contributed by atoms with Crippen LogP contribution >= 0.6 is 0 Å². The molecule has 2 aromatic rings. The van der Waals surface area contributed by atoms with E-state index in [4.69, 9.17) is 0 Å². The number of urea groups is 1. The molecule has 118 valence electrons. The zero-order chi connectivity index (χ0) is 16.0. The number of alkyl halides is 3. The molecule has 1 fully saturated rings. The quantitative estimate of drug-likeness (QED) is 0.894. The number of nitrogens with one attached hydrogen (secondary N) is 2. The highest BCUT2D eigenvalue weighted by atomic mass is 19.4. The van der Waals surface area contributed by atoms with Gasteiger partial charge in [-0.1, -0.05) is 0 Å². The monoisotopic (exact) mass is 314 g/mol. The minimum absolute atomic E-state index is 0.277. The smallest absolute Gasteiger partial charge is 0.365 e. The van der Waals surface area contributed by atoms with Crippen LogP contribution < -0.4 is 5.32 Å². The zero-order valence-corrected chi connectivity index (χ0v) is 11.6. The first kappa shape index (κ1) is 14.6. The van der Waals surface area contributed by atoms with Crippen molar-refractivity contribution in [2.75, 3.05) is 25.5 Å². The zero-order valence-electron chi connectivity index (χ0n) is 11.6. The van der Waals surface area contributed by atoms with Gasteiger partial charge in [0.1, 0.15) is 5.82 Å². The van der Waals surface area contributed by atoms with Crippen LogP contribution in [0.3, 0.4) is 0 Å². The van der Waals surface area contributed by atoms with Gasteiger partial charge >= 0.3 is 12.2 Å². The fourth-order valence-electron chi connectivity index (χ4n) is 2.35. The molecule has 3 rings (SSSR count). The van der Waals surface area contributed by atoms with Crippen LogP contribution in [0.1, 0.15) is 0 Å². The van der Waals surface area contributed by atoms with E-state index >= 15 is 0 Å². The summed E-state index contributed by atoms with van der Waals surface area (Å²) in [6.07, 6.45) is -1.25. The summed E-state index contributed by atoms with van der Waals surface area (Å²) in [5.74, 6) is 0.277. The summed E-state index contributed by atoms with van der Waals surface area (Å²) in [5, 5.41) is 3.32. The minimum Gasteiger partial charge on any atom is -0.365 e. The molecule has 0 bridgehead atoms. The van der Waals surface area contributed by atoms with E-state index in [2.05, 4.69) is 20.0 Å². The Balaban J connectivity index is 1.66. The van der Waals surface area contributed by atoms with Gasteiger partial charge in [0.15, 0.2) is 5.60 Å². The standard InChI is InChI=1S/C13H13F3N4O2/c1-22-12(13(14,15)16)6-20(7-12)11(21)19-10-4-8-2-3-17-9(8)5-18-10/h2-5,17H,6-7H2,1H3,(H,18,19,21). The molecule has 1 aliphatic rings. The van der Waals surface area contributed by atoms with Crippen molar-refractivity contribution in [2.24, 2.45) is 0 Å². The Hall–Kier alpha value is -2.29. The van der Waals surface area contributed by atoms with Crippen molar-refractivity contribution in [1.82, 2.24) is 14.9 Å². The predicted molar refractivity (Wildman–Crippen MR) is 72.5 cm³/mol. The van der Waals surface area contributed by atoms with Crippen LogP contribution in [0.2, 0.25) is 0 Å². The van der Waals surface area contributed by atoms with E-state index in [0.717, 1.165) is 22.9 Å². The maximum absolute atomic E-state index is 12.9. The van der Waals surface area contributed by atoms with Gasteiger partial charge in [-0.2, -0.15) is 13.2 Å². The molecular formula is C13H13F3N4O2. The van der Waals surface area contributed by atoms with Crippen LogP contribution in [0, 0.1) is 0 Å². The van der Waals surface area contributed by atoms with Crippen molar-refractivity contribution < 1.29 is 22.7 Å². The molecule has 2 aromatic heterocycles. The first-order valence-corrected chi connectivity index (χ1v) is 6.46. The van der Waals surface area contributed by atoms with Crippen molar-refractivity contribution in [2.45, 2.75) is 11.8 Å². The van der Waals surface area contributed by atoms with E-state index in [9.17, 15) is 18.0 Å². The van der Waals surface area contributed by atoms with Crippen LogP contribution in [0.25, 0.3) is 10.9 Å². The lowest BCUT2D eigenvalue weighted by molar-refractivity contribution is -0.303. The number of methoxy groups -OCH3 is 1. The Morgan fingerprint density at radius 2 is 2.23 bits per heavy atom. The molecule has 0 aromatic carbocycles. The van der Waals surface area contributed by atoms with Crippen molar-refractivity contribution >= 4 is 22.8 Å². The average molecular weight is 314 g/mol. The van der Waals surface area contributed by atoms with Gasteiger partial charge in [0.25, 0.3) is 0 Å². The van der Waals surface area contributed by atoms with Crippen molar-refractivity contribution in [3.8, 4) is 0 Å². The lowest BCUT2D eigenvalue weighted by Crippen LogP contribution is -2.71. The molecule has 0 saturated carbocycles. The number of rotatable bonds is 2.